The molecule has 0 radical (unpaired) electrons. The molecule has 31 heavy (non-hydrogen) atoms. The van der Waals surface area contributed by atoms with Crippen LogP contribution >= 0.6 is 0 Å². The van der Waals surface area contributed by atoms with Gasteiger partial charge in [0.1, 0.15) is 17.8 Å². The van der Waals surface area contributed by atoms with Crippen molar-refractivity contribution in [1.29, 1.82) is 0 Å². The summed E-state index contributed by atoms with van der Waals surface area (Å²) in [5, 5.41) is 34.5. The molecule has 0 saturated carbocycles. The molecule has 4 amide bonds. The molecule has 3 atom stereocenters. The van der Waals surface area contributed by atoms with Gasteiger partial charge in [0, 0.05) is 6.42 Å². The van der Waals surface area contributed by atoms with Crippen LogP contribution in [0.15, 0.2) is 24.3 Å². The highest BCUT2D eigenvalue weighted by atomic mass is 16.4. The molecule has 0 bridgehead atoms. The van der Waals surface area contributed by atoms with Gasteiger partial charge in [0.25, 0.3) is 0 Å². The van der Waals surface area contributed by atoms with E-state index in [9.17, 15) is 39.3 Å². The van der Waals surface area contributed by atoms with Crippen LogP contribution in [-0.4, -0.2) is 76.2 Å². The first-order valence-corrected chi connectivity index (χ1v) is 9.06. The Morgan fingerprint density at radius 1 is 0.968 bits per heavy atom. The van der Waals surface area contributed by atoms with Gasteiger partial charge in [-0.1, -0.05) is 12.1 Å². The topological polar surface area (TPSA) is 234 Å². The molecule has 0 spiro atoms. The van der Waals surface area contributed by atoms with Crippen molar-refractivity contribution in [3.8, 4) is 5.75 Å². The van der Waals surface area contributed by atoms with Crippen molar-refractivity contribution in [3.63, 3.8) is 0 Å². The van der Waals surface area contributed by atoms with E-state index in [1.165, 1.54) is 24.3 Å². The van der Waals surface area contributed by atoms with E-state index in [0.717, 1.165) is 0 Å². The molecule has 1 aromatic carbocycles. The number of aliphatic carboxylic acids is 1. The lowest BCUT2D eigenvalue weighted by Gasteiger charge is -2.20. The minimum Gasteiger partial charge on any atom is -0.508 e. The number of nitrogens with two attached hydrogens (primary N) is 2. The molecule has 13 nitrogen and oxygen atoms in total. The molecule has 10 N–H and O–H groups in total. The predicted molar refractivity (Wildman–Crippen MR) is 105 cm³/mol. The number of carbonyl (C=O) groups excluding carboxylic acids is 4. The third kappa shape index (κ3) is 9.10. The molecule has 0 aliphatic carbocycles. The fourth-order valence-electron chi connectivity index (χ4n) is 2.39. The average Bonchev–Trinajstić information content (AvgIpc) is 2.70. The standard InChI is InChI=1S/C18H25N5O8/c19-11(6-14(20)26)16(28)21-7-15(27)22-13(8-24)17(29)23-12(18(30)31)5-9-1-3-10(25)4-2-9/h1-4,11-13,24-25H,5-8,19H2,(H2,20,26)(H,21,28)(H,22,27)(H,23,29)(H,30,31). The number of nitrogens with one attached hydrogen (secondary N) is 3. The summed E-state index contributed by atoms with van der Waals surface area (Å²) in [4.78, 5) is 58.0. The Bertz CT molecular complexity index is 814. The van der Waals surface area contributed by atoms with Crippen LogP contribution in [0.1, 0.15) is 12.0 Å². The molecule has 0 saturated heterocycles. The Kier molecular flexibility index (Phi) is 9.88. The number of carboxylic acids is 1. The lowest BCUT2D eigenvalue weighted by molar-refractivity contribution is -0.142. The molecule has 0 heterocycles. The number of aromatic hydroxyl groups is 1. The summed E-state index contributed by atoms with van der Waals surface area (Å²) in [6.45, 7) is -1.44. The second-order valence-electron chi connectivity index (χ2n) is 6.57. The highest BCUT2D eigenvalue weighted by Crippen LogP contribution is 2.11. The number of hydrogen-bond donors (Lipinski definition) is 8. The van der Waals surface area contributed by atoms with E-state index in [-0.39, 0.29) is 12.2 Å². The van der Waals surface area contributed by atoms with Crippen LogP contribution in [0, 0.1) is 0 Å². The fourth-order valence-corrected chi connectivity index (χ4v) is 2.39. The zero-order chi connectivity index (χ0) is 23.6. The number of aliphatic hydroxyl groups excluding tert-OH is 1. The zero-order valence-corrected chi connectivity index (χ0v) is 16.4. The van der Waals surface area contributed by atoms with Crippen molar-refractivity contribution in [1.82, 2.24) is 16.0 Å². The summed E-state index contributed by atoms with van der Waals surface area (Å²) in [5.41, 5.74) is 10.9. The van der Waals surface area contributed by atoms with Gasteiger partial charge < -0.3 is 42.7 Å². The van der Waals surface area contributed by atoms with Crippen LogP contribution in [0.5, 0.6) is 5.75 Å². The molecule has 1 aromatic rings. The normalized spacial score (nSPS) is 13.4. The number of primary amides is 1. The number of hydrogen-bond acceptors (Lipinski definition) is 8. The van der Waals surface area contributed by atoms with Crippen molar-refractivity contribution in [3.05, 3.63) is 29.8 Å². The number of carboxylic acid groups (broad SMARTS) is 1. The first kappa shape index (κ1) is 25.3. The number of carbonyl (C=O) groups is 5. The minimum atomic E-state index is -1.48. The number of benzene rings is 1. The molecule has 1 rings (SSSR count). The largest absolute Gasteiger partial charge is 0.508 e. The maximum absolute atomic E-state index is 12.3. The highest BCUT2D eigenvalue weighted by molar-refractivity contribution is 5.93. The average molecular weight is 439 g/mol. The van der Waals surface area contributed by atoms with Gasteiger partial charge in [-0.3, -0.25) is 19.2 Å². The van der Waals surface area contributed by atoms with Crippen LogP contribution in [0.4, 0.5) is 0 Å². The second-order valence-corrected chi connectivity index (χ2v) is 6.57. The Hall–Kier alpha value is -3.71. The molecule has 170 valence electrons. The van der Waals surface area contributed by atoms with Gasteiger partial charge in [-0.05, 0) is 17.7 Å². The lowest BCUT2D eigenvalue weighted by atomic mass is 10.1. The van der Waals surface area contributed by atoms with Crippen molar-refractivity contribution in [2.75, 3.05) is 13.2 Å². The number of phenols is 1. The van der Waals surface area contributed by atoms with Gasteiger partial charge in [0.2, 0.25) is 23.6 Å². The van der Waals surface area contributed by atoms with E-state index in [1.54, 1.807) is 0 Å². The summed E-state index contributed by atoms with van der Waals surface area (Å²) >= 11 is 0. The monoisotopic (exact) mass is 439 g/mol. The van der Waals surface area contributed by atoms with E-state index < -0.39 is 67.3 Å². The van der Waals surface area contributed by atoms with E-state index in [4.69, 9.17) is 11.5 Å². The second kappa shape index (κ2) is 12.1. The van der Waals surface area contributed by atoms with Gasteiger partial charge in [-0.15, -0.1) is 0 Å². The SMILES string of the molecule is NC(=O)CC(N)C(=O)NCC(=O)NC(CO)C(=O)NC(Cc1ccc(O)cc1)C(=O)O. The molecule has 0 fully saturated rings. The van der Waals surface area contributed by atoms with E-state index in [1.807, 2.05) is 0 Å². The fraction of sp³-hybridized carbons (Fsp3) is 0.389. The molecular weight excluding hydrogens is 414 g/mol. The van der Waals surface area contributed by atoms with Gasteiger partial charge in [0.05, 0.1) is 25.6 Å². The smallest absolute Gasteiger partial charge is 0.326 e. The van der Waals surface area contributed by atoms with Crippen LogP contribution in [0.25, 0.3) is 0 Å². The first-order valence-electron chi connectivity index (χ1n) is 9.06. The lowest BCUT2D eigenvalue weighted by Crippen LogP contribution is -2.55. The van der Waals surface area contributed by atoms with Crippen molar-refractivity contribution in [2.24, 2.45) is 11.5 Å². The predicted octanol–water partition coefficient (Wildman–Crippen LogP) is -3.70. The summed E-state index contributed by atoms with van der Waals surface area (Å²) < 4.78 is 0. The maximum atomic E-state index is 12.3. The molecule has 0 aliphatic heterocycles. The van der Waals surface area contributed by atoms with Gasteiger partial charge >= 0.3 is 5.97 Å². The number of aliphatic hydroxyl groups is 1. The van der Waals surface area contributed by atoms with Crippen LogP contribution in [0.2, 0.25) is 0 Å². The Morgan fingerprint density at radius 3 is 2.10 bits per heavy atom. The Balaban J connectivity index is 2.62. The minimum absolute atomic E-state index is 0.00890. The highest BCUT2D eigenvalue weighted by Gasteiger charge is 2.26. The number of phenolic OH excluding ortho intramolecular Hbond substituents is 1. The maximum Gasteiger partial charge on any atom is 0.326 e. The van der Waals surface area contributed by atoms with Gasteiger partial charge in [0.15, 0.2) is 0 Å². The summed E-state index contributed by atoms with van der Waals surface area (Å²) in [6.07, 6.45) is -0.534. The number of rotatable bonds is 12. The summed E-state index contributed by atoms with van der Waals surface area (Å²) in [7, 11) is 0. The molecule has 0 aliphatic rings. The molecule has 3 unspecified atom stereocenters. The Morgan fingerprint density at radius 2 is 1.58 bits per heavy atom. The molecule has 13 heteroatoms. The van der Waals surface area contributed by atoms with E-state index in [2.05, 4.69) is 16.0 Å². The number of amides is 4. The third-order valence-electron chi connectivity index (χ3n) is 4.01. The van der Waals surface area contributed by atoms with Crippen molar-refractivity contribution < 1.29 is 39.3 Å². The summed E-state index contributed by atoms with van der Waals surface area (Å²) in [5.74, 6) is -4.80. The van der Waals surface area contributed by atoms with Crippen LogP contribution < -0.4 is 27.4 Å². The van der Waals surface area contributed by atoms with Crippen LogP contribution in [-0.2, 0) is 30.4 Å². The van der Waals surface area contributed by atoms with Crippen molar-refractivity contribution in [2.45, 2.75) is 31.0 Å². The van der Waals surface area contributed by atoms with E-state index in [0.29, 0.717) is 5.56 Å². The van der Waals surface area contributed by atoms with Crippen molar-refractivity contribution >= 4 is 29.6 Å². The van der Waals surface area contributed by atoms with Gasteiger partial charge in [-0.25, -0.2) is 4.79 Å². The van der Waals surface area contributed by atoms with Gasteiger partial charge in [-0.2, -0.15) is 0 Å². The zero-order valence-electron chi connectivity index (χ0n) is 16.4. The quantitative estimate of drug-likeness (QED) is 0.160. The third-order valence-corrected chi connectivity index (χ3v) is 4.01. The molecular formula is C18H25N5O8. The first-order chi connectivity index (χ1) is 14.5. The summed E-state index contributed by atoms with van der Waals surface area (Å²) in [6, 6.07) is 1.58. The molecule has 0 aromatic heterocycles. The van der Waals surface area contributed by atoms with Crippen LogP contribution in [0.3, 0.4) is 0 Å². The van der Waals surface area contributed by atoms with E-state index >= 15 is 0 Å². The Labute approximate surface area is 176 Å².